The Labute approximate surface area is 80.2 Å². The van der Waals surface area contributed by atoms with Gasteiger partial charge in [0.25, 0.3) is 0 Å². The lowest BCUT2D eigenvalue weighted by atomic mass is 9.69. The van der Waals surface area contributed by atoms with Crippen LogP contribution in [0.4, 0.5) is 0 Å². The lowest BCUT2D eigenvalue weighted by molar-refractivity contribution is -0.133. The van der Waals surface area contributed by atoms with E-state index in [0.29, 0.717) is 0 Å². The Morgan fingerprint density at radius 3 is 2.36 bits per heavy atom. The molecule has 3 unspecified atom stereocenters. The maximum absolute atomic E-state index is 11.4. The maximum atomic E-state index is 11.4. The van der Waals surface area contributed by atoms with E-state index < -0.39 is 35.2 Å². The van der Waals surface area contributed by atoms with Gasteiger partial charge in [0.15, 0.2) is 5.76 Å². The molecule has 0 saturated heterocycles. The number of ketones is 2. The summed E-state index contributed by atoms with van der Waals surface area (Å²) in [6.45, 7) is 0. The highest BCUT2D eigenvalue weighted by atomic mass is 16.3. The standard InChI is InChI=1S/C9H11NO4/c10-6-4-1-3(11)2-5(6)8(13)9(14)7(4)12/h4-6,12,14H,1-2,10H2. The summed E-state index contributed by atoms with van der Waals surface area (Å²) >= 11 is 0. The van der Waals surface area contributed by atoms with Gasteiger partial charge in [0.1, 0.15) is 11.5 Å². The second-order valence-electron chi connectivity index (χ2n) is 3.84. The van der Waals surface area contributed by atoms with Crippen LogP contribution in [0.1, 0.15) is 12.8 Å². The van der Waals surface area contributed by atoms with Crippen molar-refractivity contribution in [2.75, 3.05) is 0 Å². The third-order valence-corrected chi connectivity index (χ3v) is 2.99. The number of aliphatic hydroxyl groups excluding tert-OH is 2. The van der Waals surface area contributed by atoms with Gasteiger partial charge in [-0.1, -0.05) is 0 Å². The van der Waals surface area contributed by atoms with Crippen molar-refractivity contribution in [3.8, 4) is 0 Å². The Morgan fingerprint density at radius 1 is 1.14 bits per heavy atom. The van der Waals surface area contributed by atoms with Crippen LogP contribution in [-0.2, 0) is 9.59 Å². The SMILES string of the molecule is NC1C2CC(=O)CC1C(O)=C(O)C2=O. The van der Waals surface area contributed by atoms with Crippen LogP contribution in [0.25, 0.3) is 0 Å². The molecule has 0 aromatic heterocycles. The number of hydrogen-bond donors (Lipinski definition) is 3. The fourth-order valence-corrected chi connectivity index (χ4v) is 2.15. The first-order chi connectivity index (χ1) is 6.52. The van der Waals surface area contributed by atoms with E-state index in [1.54, 1.807) is 0 Å². The van der Waals surface area contributed by atoms with Gasteiger partial charge in [-0.2, -0.15) is 0 Å². The number of carbonyl (C=O) groups excluding carboxylic acids is 2. The fraction of sp³-hybridized carbons (Fsp3) is 0.556. The van der Waals surface area contributed by atoms with E-state index >= 15 is 0 Å². The minimum atomic E-state index is -0.655. The number of nitrogens with two attached hydrogens (primary N) is 1. The molecular weight excluding hydrogens is 186 g/mol. The van der Waals surface area contributed by atoms with E-state index in [2.05, 4.69) is 0 Å². The molecule has 5 nitrogen and oxygen atoms in total. The summed E-state index contributed by atoms with van der Waals surface area (Å²) in [4.78, 5) is 22.6. The van der Waals surface area contributed by atoms with Gasteiger partial charge in [-0.05, 0) is 0 Å². The van der Waals surface area contributed by atoms with Crippen molar-refractivity contribution in [1.82, 2.24) is 0 Å². The molecule has 1 fully saturated rings. The average Bonchev–Trinajstić information content (AvgIpc) is 2.16. The molecule has 0 radical (unpaired) electrons. The van der Waals surface area contributed by atoms with Gasteiger partial charge in [-0.15, -0.1) is 0 Å². The number of carbonyl (C=O) groups is 2. The molecule has 2 aliphatic rings. The highest BCUT2D eigenvalue weighted by molar-refractivity contribution is 6.01. The van der Waals surface area contributed by atoms with E-state index in [4.69, 9.17) is 5.73 Å². The van der Waals surface area contributed by atoms with Gasteiger partial charge >= 0.3 is 0 Å². The van der Waals surface area contributed by atoms with E-state index in [1.807, 2.05) is 0 Å². The molecule has 76 valence electrons. The van der Waals surface area contributed by atoms with Crippen molar-refractivity contribution in [2.45, 2.75) is 18.9 Å². The second kappa shape index (κ2) is 2.81. The number of fused-ring (bicyclic) bond motifs is 2. The number of hydrogen-bond acceptors (Lipinski definition) is 5. The monoisotopic (exact) mass is 197 g/mol. The second-order valence-corrected chi connectivity index (χ2v) is 3.84. The molecule has 0 spiro atoms. The van der Waals surface area contributed by atoms with Crippen LogP contribution in [0.15, 0.2) is 11.5 Å². The topological polar surface area (TPSA) is 101 Å². The van der Waals surface area contributed by atoms with E-state index in [1.165, 1.54) is 0 Å². The molecule has 5 heteroatoms. The van der Waals surface area contributed by atoms with Crippen LogP contribution in [0.2, 0.25) is 0 Å². The molecular formula is C9H11NO4. The van der Waals surface area contributed by atoms with E-state index in [0.717, 1.165) is 0 Å². The van der Waals surface area contributed by atoms with Gasteiger partial charge in [0.05, 0.1) is 0 Å². The molecule has 0 aromatic rings. The summed E-state index contributed by atoms with van der Waals surface area (Å²) in [5.41, 5.74) is 5.71. The molecule has 0 aromatic carbocycles. The summed E-state index contributed by atoms with van der Waals surface area (Å²) in [6.07, 6.45) is 0.189. The van der Waals surface area contributed by atoms with Crippen LogP contribution < -0.4 is 5.73 Å². The van der Waals surface area contributed by atoms with Crippen LogP contribution in [0, 0.1) is 11.8 Å². The van der Waals surface area contributed by atoms with Gasteiger partial charge < -0.3 is 15.9 Å². The molecule has 0 aliphatic heterocycles. The Morgan fingerprint density at radius 2 is 1.71 bits per heavy atom. The Kier molecular flexibility index (Phi) is 1.85. The minimum absolute atomic E-state index is 0.0772. The summed E-state index contributed by atoms with van der Waals surface area (Å²) in [5.74, 6) is -2.98. The quantitative estimate of drug-likeness (QED) is 0.500. The van der Waals surface area contributed by atoms with Gasteiger partial charge in [-0.3, -0.25) is 9.59 Å². The van der Waals surface area contributed by atoms with Crippen molar-refractivity contribution in [3.05, 3.63) is 11.5 Å². The highest BCUT2D eigenvalue weighted by Crippen LogP contribution is 2.37. The van der Waals surface area contributed by atoms with Crippen LogP contribution in [0.3, 0.4) is 0 Å². The summed E-state index contributed by atoms with van der Waals surface area (Å²) in [5, 5.41) is 18.7. The first kappa shape index (κ1) is 9.21. The van der Waals surface area contributed by atoms with Crippen molar-refractivity contribution >= 4 is 11.6 Å². The van der Waals surface area contributed by atoms with Gasteiger partial charge in [0, 0.05) is 30.7 Å². The number of Topliss-reactive ketones (excluding diaryl/α,β-unsaturated/α-hetero) is 2. The summed E-state index contributed by atoms with van der Waals surface area (Å²) < 4.78 is 0. The van der Waals surface area contributed by atoms with Crippen molar-refractivity contribution in [1.29, 1.82) is 0 Å². The first-order valence-electron chi connectivity index (χ1n) is 4.46. The number of aliphatic hydroxyl groups is 2. The molecule has 3 atom stereocenters. The highest BCUT2D eigenvalue weighted by Gasteiger charge is 2.47. The minimum Gasteiger partial charge on any atom is -0.508 e. The molecule has 2 bridgehead atoms. The van der Waals surface area contributed by atoms with Crippen molar-refractivity contribution in [2.24, 2.45) is 17.6 Å². The smallest absolute Gasteiger partial charge is 0.205 e. The zero-order valence-electron chi connectivity index (χ0n) is 7.43. The predicted molar refractivity (Wildman–Crippen MR) is 46.5 cm³/mol. The Balaban J connectivity index is 2.47. The Bertz CT molecular complexity index is 347. The molecule has 4 N–H and O–H groups in total. The number of rotatable bonds is 0. The van der Waals surface area contributed by atoms with E-state index in [9.17, 15) is 19.8 Å². The van der Waals surface area contributed by atoms with Crippen LogP contribution >= 0.6 is 0 Å². The number of allylic oxidation sites excluding steroid dienone is 1. The molecule has 1 saturated carbocycles. The summed E-state index contributed by atoms with van der Waals surface area (Å²) in [6, 6.07) is -0.545. The Hall–Kier alpha value is -1.36. The zero-order valence-corrected chi connectivity index (χ0v) is 7.43. The maximum Gasteiger partial charge on any atom is 0.205 e. The fourth-order valence-electron chi connectivity index (χ4n) is 2.15. The summed E-state index contributed by atoms with van der Waals surface area (Å²) in [7, 11) is 0. The molecule has 2 rings (SSSR count). The van der Waals surface area contributed by atoms with Crippen LogP contribution in [0.5, 0.6) is 0 Å². The lowest BCUT2D eigenvalue weighted by Crippen LogP contribution is -2.51. The largest absolute Gasteiger partial charge is 0.508 e. The van der Waals surface area contributed by atoms with E-state index in [-0.39, 0.29) is 18.6 Å². The molecule has 0 amide bonds. The third-order valence-electron chi connectivity index (χ3n) is 2.99. The molecule has 2 aliphatic carbocycles. The van der Waals surface area contributed by atoms with Crippen molar-refractivity contribution < 1.29 is 19.8 Å². The van der Waals surface area contributed by atoms with Gasteiger partial charge in [0.2, 0.25) is 5.78 Å². The lowest BCUT2D eigenvalue weighted by Gasteiger charge is -2.37. The zero-order chi connectivity index (χ0) is 10.5. The van der Waals surface area contributed by atoms with Crippen molar-refractivity contribution in [3.63, 3.8) is 0 Å². The normalized spacial score (nSPS) is 37.6. The first-order valence-corrected chi connectivity index (χ1v) is 4.46. The molecule has 0 heterocycles. The predicted octanol–water partition coefficient (Wildman–Crippen LogP) is -0.181. The third kappa shape index (κ3) is 1.05. The van der Waals surface area contributed by atoms with Gasteiger partial charge in [-0.25, -0.2) is 0 Å². The molecule has 14 heavy (non-hydrogen) atoms. The average molecular weight is 197 g/mol. The van der Waals surface area contributed by atoms with Crippen LogP contribution in [-0.4, -0.2) is 27.8 Å².